The third kappa shape index (κ3) is 6.34. The lowest BCUT2D eigenvalue weighted by molar-refractivity contribution is -0.155. The van der Waals surface area contributed by atoms with Gasteiger partial charge in [0.2, 0.25) is 5.82 Å². The van der Waals surface area contributed by atoms with Crippen LogP contribution in [-0.4, -0.2) is 53.7 Å². The Morgan fingerprint density at radius 2 is 1.97 bits per heavy atom. The van der Waals surface area contributed by atoms with Gasteiger partial charge in [-0.15, -0.1) is 0 Å². The molecule has 0 aromatic carbocycles. The topological polar surface area (TPSA) is 137 Å². The summed E-state index contributed by atoms with van der Waals surface area (Å²) in [5.41, 5.74) is -2.01. The number of carbonyl (C=O) groups is 2. The van der Waals surface area contributed by atoms with E-state index < -0.39 is 55.8 Å². The molecule has 0 aliphatic carbocycles. The smallest absolute Gasteiger partial charge is 0.330 e. The molecule has 2 N–H and O–H groups in total. The lowest BCUT2D eigenvalue weighted by Gasteiger charge is -2.37. The maximum absolute atomic E-state index is 13.7. The first-order valence-electron chi connectivity index (χ1n) is 9.93. The van der Waals surface area contributed by atoms with E-state index in [2.05, 4.69) is 20.8 Å². The second kappa shape index (κ2) is 9.45. The van der Waals surface area contributed by atoms with Gasteiger partial charge in [-0.05, 0) is 18.1 Å². The van der Waals surface area contributed by atoms with Crippen LogP contribution in [-0.2, 0) is 23.5 Å². The fourth-order valence-corrected chi connectivity index (χ4v) is 3.78. The van der Waals surface area contributed by atoms with Gasteiger partial charge in [0.25, 0.3) is 5.56 Å². The number of H-pyrrole nitrogens is 1. The van der Waals surface area contributed by atoms with Crippen molar-refractivity contribution in [2.24, 2.45) is 0 Å². The molecule has 2 heterocycles. The van der Waals surface area contributed by atoms with Gasteiger partial charge in [0.1, 0.15) is 18.4 Å². The van der Waals surface area contributed by atoms with Crippen molar-refractivity contribution in [1.29, 1.82) is 0 Å². The molecule has 0 saturated carbocycles. The first kappa shape index (κ1) is 25.0. The van der Waals surface area contributed by atoms with Gasteiger partial charge in [-0.25, -0.2) is 4.79 Å². The summed E-state index contributed by atoms with van der Waals surface area (Å²) >= 11 is 0. The van der Waals surface area contributed by atoms with Crippen LogP contribution < -0.4 is 11.2 Å². The molecular formula is C19H29FN2O8Si. The number of nitrogens with zero attached hydrogens (tertiary/aromatic N) is 1. The SMILES string of the molecule is CC(C)(C)[Si](C)(C)OC[C@@H]1O[C@H](n2cc(F)c(=O)[nH]c2=O)CC1OC(=O)CCC(=O)O. The zero-order chi connectivity index (χ0) is 23.6. The number of carbonyl (C=O) groups excluding carboxylic acids is 1. The second-order valence-electron chi connectivity index (χ2n) is 9.00. The first-order valence-corrected chi connectivity index (χ1v) is 12.8. The average Bonchev–Trinajstić information content (AvgIpc) is 3.03. The van der Waals surface area contributed by atoms with Crippen LogP contribution in [0, 0.1) is 5.82 Å². The Morgan fingerprint density at radius 1 is 1.32 bits per heavy atom. The van der Waals surface area contributed by atoms with E-state index in [0.29, 0.717) is 0 Å². The molecule has 1 aromatic heterocycles. The minimum atomic E-state index is -2.17. The van der Waals surface area contributed by atoms with Gasteiger partial charge in [0.15, 0.2) is 8.32 Å². The van der Waals surface area contributed by atoms with Crippen molar-refractivity contribution in [1.82, 2.24) is 9.55 Å². The van der Waals surface area contributed by atoms with E-state index in [4.69, 9.17) is 19.0 Å². The Morgan fingerprint density at radius 3 is 2.55 bits per heavy atom. The number of aliphatic carboxylic acids is 1. The van der Waals surface area contributed by atoms with Crippen molar-refractivity contribution in [3.8, 4) is 0 Å². The first-order chi connectivity index (χ1) is 14.2. The normalized spacial score (nSPS) is 21.8. The number of nitrogens with one attached hydrogen (secondary N) is 1. The summed E-state index contributed by atoms with van der Waals surface area (Å²) in [5, 5.41) is 8.66. The molecule has 2 rings (SSSR count). The summed E-state index contributed by atoms with van der Waals surface area (Å²) in [6, 6.07) is 0. The molecule has 1 aliphatic heterocycles. The minimum Gasteiger partial charge on any atom is -0.481 e. The summed E-state index contributed by atoms with van der Waals surface area (Å²) in [7, 11) is -2.17. The predicted octanol–water partition coefficient (Wildman–Crippen LogP) is 1.76. The molecule has 0 spiro atoms. The zero-order valence-electron chi connectivity index (χ0n) is 18.3. The average molecular weight is 461 g/mol. The van der Waals surface area contributed by atoms with Crippen molar-refractivity contribution in [2.45, 2.75) is 76.6 Å². The zero-order valence-corrected chi connectivity index (χ0v) is 19.3. The second-order valence-corrected chi connectivity index (χ2v) is 13.8. The molecular weight excluding hydrogens is 431 g/mol. The molecule has 12 heteroatoms. The van der Waals surface area contributed by atoms with Gasteiger partial charge in [-0.3, -0.25) is 23.9 Å². The van der Waals surface area contributed by atoms with E-state index in [9.17, 15) is 23.6 Å². The summed E-state index contributed by atoms with van der Waals surface area (Å²) in [5.74, 6) is -3.02. The lowest BCUT2D eigenvalue weighted by Crippen LogP contribution is -2.44. The molecule has 10 nitrogen and oxygen atoms in total. The number of esters is 1. The van der Waals surface area contributed by atoms with Crippen molar-refractivity contribution in [3.63, 3.8) is 0 Å². The minimum absolute atomic E-state index is 0.00965. The largest absolute Gasteiger partial charge is 0.481 e. The van der Waals surface area contributed by atoms with Gasteiger partial charge < -0.3 is 19.0 Å². The van der Waals surface area contributed by atoms with Gasteiger partial charge in [0.05, 0.1) is 25.6 Å². The van der Waals surface area contributed by atoms with E-state index in [1.54, 1.807) is 0 Å². The Labute approximate surface area is 179 Å². The van der Waals surface area contributed by atoms with Crippen LogP contribution in [0.25, 0.3) is 0 Å². The van der Waals surface area contributed by atoms with Crippen molar-refractivity contribution in [3.05, 3.63) is 32.9 Å². The summed E-state index contributed by atoms with van der Waals surface area (Å²) < 4.78 is 32.0. The van der Waals surface area contributed by atoms with Crippen molar-refractivity contribution in [2.75, 3.05) is 6.61 Å². The van der Waals surface area contributed by atoms with Gasteiger partial charge in [0, 0.05) is 6.42 Å². The molecule has 174 valence electrons. The van der Waals surface area contributed by atoms with Gasteiger partial charge >= 0.3 is 17.6 Å². The van der Waals surface area contributed by atoms with Crippen LogP contribution in [0.2, 0.25) is 18.1 Å². The molecule has 3 atom stereocenters. The fraction of sp³-hybridized carbons (Fsp3) is 0.684. The van der Waals surface area contributed by atoms with E-state index in [1.807, 2.05) is 18.1 Å². The number of halogens is 1. The van der Waals surface area contributed by atoms with Crippen LogP contribution >= 0.6 is 0 Å². The van der Waals surface area contributed by atoms with Crippen LogP contribution in [0.3, 0.4) is 0 Å². The number of aromatic nitrogens is 2. The third-order valence-corrected chi connectivity index (χ3v) is 10.2. The van der Waals surface area contributed by atoms with E-state index in [-0.39, 0.29) is 30.9 Å². The van der Waals surface area contributed by atoms with Crippen molar-refractivity contribution >= 4 is 20.3 Å². The Hall–Kier alpha value is -2.31. The molecule has 1 unspecified atom stereocenters. The van der Waals surface area contributed by atoms with Gasteiger partial charge in [-0.1, -0.05) is 20.8 Å². The lowest BCUT2D eigenvalue weighted by atomic mass is 10.2. The van der Waals surface area contributed by atoms with Crippen molar-refractivity contribution < 1.29 is 33.0 Å². The molecule has 1 aliphatic rings. The summed E-state index contributed by atoms with van der Waals surface area (Å²) in [6.07, 6.45) is -2.54. The quantitative estimate of drug-likeness (QED) is 0.442. The molecule has 1 saturated heterocycles. The Bertz CT molecular complexity index is 936. The number of hydrogen-bond donors (Lipinski definition) is 2. The maximum atomic E-state index is 13.7. The molecule has 1 aromatic rings. The molecule has 31 heavy (non-hydrogen) atoms. The van der Waals surface area contributed by atoms with Crippen LogP contribution in [0.5, 0.6) is 0 Å². The Kier molecular flexibility index (Phi) is 7.60. The highest BCUT2D eigenvalue weighted by Crippen LogP contribution is 2.38. The number of carboxylic acid groups (broad SMARTS) is 1. The third-order valence-electron chi connectivity index (χ3n) is 5.66. The summed E-state index contributed by atoms with van der Waals surface area (Å²) in [6.45, 7) is 10.3. The number of rotatable bonds is 8. The molecule has 0 radical (unpaired) electrons. The van der Waals surface area contributed by atoms with Crippen LogP contribution in [0.4, 0.5) is 4.39 Å². The standard InChI is InChI=1S/C19H29FN2O8Si/c1-19(2,3)31(4,5)28-10-13-12(30-16(25)7-6-15(23)24)8-14(29-13)22-9-11(20)17(26)21-18(22)27/h9,12-14H,6-8,10H2,1-5H3,(H,23,24)(H,21,26,27)/t12?,13-,14-/m0/s1. The van der Waals surface area contributed by atoms with E-state index >= 15 is 0 Å². The molecule has 0 bridgehead atoms. The highest BCUT2D eigenvalue weighted by atomic mass is 28.4. The van der Waals surface area contributed by atoms with Gasteiger partial charge in [-0.2, -0.15) is 4.39 Å². The van der Waals surface area contributed by atoms with Crippen LogP contribution in [0.1, 0.15) is 46.3 Å². The monoisotopic (exact) mass is 460 g/mol. The number of hydrogen-bond acceptors (Lipinski definition) is 7. The number of ether oxygens (including phenoxy) is 2. The fourth-order valence-electron chi connectivity index (χ4n) is 2.76. The predicted molar refractivity (Wildman–Crippen MR) is 110 cm³/mol. The maximum Gasteiger partial charge on any atom is 0.330 e. The van der Waals surface area contributed by atoms with E-state index in [0.717, 1.165) is 10.8 Å². The van der Waals surface area contributed by atoms with Crippen LogP contribution in [0.15, 0.2) is 15.8 Å². The van der Waals surface area contributed by atoms with E-state index in [1.165, 1.54) is 0 Å². The number of aromatic amines is 1. The molecule has 0 amide bonds. The summed E-state index contributed by atoms with van der Waals surface area (Å²) in [4.78, 5) is 48.0. The Balaban J connectivity index is 2.21. The molecule has 1 fully saturated rings. The highest BCUT2D eigenvalue weighted by molar-refractivity contribution is 6.74. The number of carboxylic acids is 1. The highest BCUT2D eigenvalue weighted by Gasteiger charge is 2.43.